The molecule has 7 nitrogen and oxygen atoms in total. The van der Waals surface area contributed by atoms with Gasteiger partial charge in [-0.1, -0.05) is 42.1 Å². The van der Waals surface area contributed by atoms with Crippen molar-refractivity contribution in [2.45, 2.75) is 23.6 Å². The summed E-state index contributed by atoms with van der Waals surface area (Å²) in [5.74, 6) is 1.45. The Balaban J connectivity index is 1.36. The van der Waals surface area contributed by atoms with Crippen molar-refractivity contribution < 1.29 is 13.9 Å². The van der Waals surface area contributed by atoms with Crippen LogP contribution in [0.1, 0.15) is 11.5 Å². The number of hydrogen-bond donors (Lipinski definition) is 1. The van der Waals surface area contributed by atoms with E-state index in [1.54, 1.807) is 11.8 Å². The van der Waals surface area contributed by atoms with Crippen LogP contribution in [-0.2, 0) is 21.8 Å². The molecule has 0 bridgehead atoms. The van der Waals surface area contributed by atoms with Crippen LogP contribution in [0.3, 0.4) is 0 Å². The topological polar surface area (TPSA) is 80.5 Å². The molecule has 1 unspecified atom stereocenters. The fraction of sp³-hybridized carbons (Fsp3) is 0.500. The third kappa shape index (κ3) is 6.84. The van der Waals surface area contributed by atoms with Gasteiger partial charge in [0.2, 0.25) is 11.8 Å². The van der Waals surface area contributed by atoms with Crippen LogP contribution in [0.25, 0.3) is 0 Å². The van der Waals surface area contributed by atoms with Crippen LogP contribution in [0.5, 0.6) is 0 Å². The number of benzene rings is 1. The third-order valence-electron chi connectivity index (χ3n) is 4.04. The molecule has 146 valence electrons. The lowest BCUT2D eigenvalue weighted by Gasteiger charge is -2.33. The van der Waals surface area contributed by atoms with Crippen LogP contribution in [0, 0.1) is 0 Å². The van der Waals surface area contributed by atoms with E-state index in [-0.39, 0.29) is 17.8 Å². The summed E-state index contributed by atoms with van der Waals surface area (Å²) < 4.78 is 11.2. The fourth-order valence-electron chi connectivity index (χ4n) is 2.77. The highest BCUT2D eigenvalue weighted by atomic mass is 32.2. The highest BCUT2D eigenvalue weighted by Gasteiger charge is 2.21. The highest BCUT2D eigenvalue weighted by molar-refractivity contribution is 7.99. The lowest BCUT2D eigenvalue weighted by atomic mass is 10.2. The molecule has 2 aromatic rings. The van der Waals surface area contributed by atoms with Crippen molar-refractivity contribution in [2.24, 2.45) is 0 Å². The van der Waals surface area contributed by atoms with Gasteiger partial charge in [-0.3, -0.25) is 9.69 Å². The van der Waals surface area contributed by atoms with E-state index in [2.05, 4.69) is 44.7 Å². The van der Waals surface area contributed by atoms with Gasteiger partial charge in [0.25, 0.3) is 5.22 Å². The second-order valence-corrected chi connectivity index (χ2v) is 7.99. The number of thioether (sulfide) groups is 2. The average Bonchev–Trinajstić information content (AvgIpc) is 3.14. The van der Waals surface area contributed by atoms with Crippen LogP contribution in [0.2, 0.25) is 0 Å². The zero-order valence-corrected chi connectivity index (χ0v) is 16.9. The molecule has 1 aliphatic rings. The summed E-state index contributed by atoms with van der Waals surface area (Å²) in [7, 11) is 0. The number of ether oxygens (including phenoxy) is 1. The van der Waals surface area contributed by atoms with Crippen molar-refractivity contribution in [1.29, 1.82) is 0 Å². The molecule has 0 radical (unpaired) electrons. The summed E-state index contributed by atoms with van der Waals surface area (Å²) in [6, 6.07) is 10.4. The van der Waals surface area contributed by atoms with Gasteiger partial charge in [-0.2, -0.15) is 11.8 Å². The minimum atomic E-state index is -0.0617. The molecule has 1 fully saturated rings. The molecule has 1 amide bonds. The second kappa shape index (κ2) is 10.7. The van der Waals surface area contributed by atoms with E-state index in [1.165, 1.54) is 17.3 Å². The monoisotopic (exact) mass is 408 g/mol. The number of aromatic nitrogens is 2. The molecule has 0 spiro atoms. The van der Waals surface area contributed by atoms with Crippen LogP contribution in [0.4, 0.5) is 0 Å². The minimum Gasteiger partial charge on any atom is -0.415 e. The first-order valence-corrected chi connectivity index (χ1v) is 11.2. The van der Waals surface area contributed by atoms with Gasteiger partial charge in [0, 0.05) is 26.2 Å². The van der Waals surface area contributed by atoms with E-state index >= 15 is 0 Å². The summed E-state index contributed by atoms with van der Waals surface area (Å²) in [4.78, 5) is 14.4. The first-order chi connectivity index (χ1) is 13.2. The fourth-order valence-corrected chi connectivity index (χ4v) is 3.75. The molecule has 1 N–H and O–H groups in total. The maximum absolute atomic E-state index is 12.1. The molecule has 0 saturated carbocycles. The van der Waals surface area contributed by atoms with Gasteiger partial charge in [0.1, 0.15) is 0 Å². The number of carbonyl (C=O) groups is 1. The lowest BCUT2D eigenvalue weighted by molar-refractivity contribution is -0.119. The zero-order valence-electron chi connectivity index (χ0n) is 15.3. The van der Waals surface area contributed by atoms with Gasteiger partial charge < -0.3 is 14.5 Å². The minimum absolute atomic E-state index is 0.00741. The van der Waals surface area contributed by atoms with Crippen molar-refractivity contribution >= 4 is 29.4 Å². The molecule has 0 aliphatic carbocycles. The van der Waals surface area contributed by atoms with Crippen molar-refractivity contribution in [1.82, 2.24) is 20.4 Å². The number of carbonyl (C=O) groups excluding carboxylic acids is 1. The Morgan fingerprint density at radius 3 is 3.00 bits per heavy atom. The zero-order chi connectivity index (χ0) is 18.9. The number of morpholine rings is 1. The number of nitrogens with zero attached hydrogens (tertiary/aromatic N) is 3. The Kier molecular flexibility index (Phi) is 8.00. The molecule has 1 atom stereocenters. The smallest absolute Gasteiger partial charge is 0.277 e. The van der Waals surface area contributed by atoms with Crippen molar-refractivity contribution in [2.75, 3.05) is 38.2 Å². The van der Waals surface area contributed by atoms with E-state index < -0.39 is 0 Å². The van der Waals surface area contributed by atoms with Crippen LogP contribution in [0.15, 0.2) is 40.0 Å². The number of amides is 1. The SMILES string of the molecule is CSCc1nnc(SCC(=O)NCC2CN(Cc3ccccc3)CCO2)o1. The summed E-state index contributed by atoms with van der Waals surface area (Å²) in [5.41, 5.74) is 1.29. The molecule has 2 heterocycles. The molecular weight excluding hydrogens is 384 g/mol. The molecule has 1 aromatic heterocycles. The molecule has 27 heavy (non-hydrogen) atoms. The summed E-state index contributed by atoms with van der Waals surface area (Å²) in [5, 5.41) is 11.2. The van der Waals surface area contributed by atoms with E-state index in [0.29, 0.717) is 30.0 Å². The Bertz CT molecular complexity index is 714. The van der Waals surface area contributed by atoms with Crippen molar-refractivity contribution in [3.8, 4) is 0 Å². The van der Waals surface area contributed by atoms with E-state index in [4.69, 9.17) is 9.15 Å². The molecule has 3 rings (SSSR count). The van der Waals surface area contributed by atoms with Gasteiger partial charge in [0.15, 0.2) is 0 Å². The summed E-state index contributed by atoms with van der Waals surface area (Å²) in [6.07, 6.45) is 1.98. The molecule has 1 aliphatic heterocycles. The number of hydrogen-bond acceptors (Lipinski definition) is 8. The number of nitrogens with one attached hydrogen (secondary N) is 1. The van der Waals surface area contributed by atoms with Gasteiger partial charge in [-0.15, -0.1) is 10.2 Å². The molecule has 9 heteroatoms. The first kappa shape index (κ1) is 20.2. The number of rotatable bonds is 9. The normalized spacial score (nSPS) is 17.7. The molecule has 1 saturated heterocycles. The predicted octanol–water partition coefficient (Wildman–Crippen LogP) is 2.04. The van der Waals surface area contributed by atoms with Crippen LogP contribution >= 0.6 is 23.5 Å². The lowest BCUT2D eigenvalue weighted by Crippen LogP contribution is -2.47. The van der Waals surface area contributed by atoms with E-state index in [1.807, 2.05) is 12.3 Å². The Hall–Kier alpha value is -1.55. The van der Waals surface area contributed by atoms with E-state index in [0.717, 1.165) is 19.6 Å². The Morgan fingerprint density at radius 1 is 1.33 bits per heavy atom. The van der Waals surface area contributed by atoms with Gasteiger partial charge in [-0.05, 0) is 11.8 Å². The highest BCUT2D eigenvalue weighted by Crippen LogP contribution is 2.17. The average molecular weight is 409 g/mol. The summed E-state index contributed by atoms with van der Waals surface area (Å²) >= 11 is 2.87. The molecular formula is C18H24N4O3S2. The van der Waals surface area contributed by atoms with Gasteiger partial charge in [-0.25, -0.2) is 0 Å². The second-order valence-electron chi connectivity index (χ2n) is 6.20. The largest absolute Gasteiger partial charge is 0.415 e. The quantitative estimate of drug-likeness (QED) is 0.632. The van der Waals surface area contributed by atoms with Gasteiger partial charge >= 0.3 is 0 Å². The Morgan fingerprint density at radius 2 is 2.19 bits per heavy atom. The Labute approximate surface area is 167 Å². The predicted molar refractivity (Wildman–Crippen MR) is 107 cm³/mol. The standard InChI is InChI=1S/C18H24N4O3S2/c1-26-13-17-20-21-18(25-17)27-12-16(23)19-9-15-11-22(7-8-24-15)10-14-5-3-2-4-6-14/h2-6,15H,7-13H2,1H3,(H,19,23). The van der Waals surface area contributed by atoms with Crippen LogP contribution in [-0.4, -0.2) is 65.4 Å². The first-order valence-electron chi connectivity index (χ1n) is 8.81. The van der Waals surface area contributed by atoms with Crippen LogP contribution < -0.4 is 5.32 Å². The van der Waals surface area contributed by atoms with Gasteiger partial charge in [0.05, 0.1) is 24.2 Å². The van der Waals surface area contributed by atoms with Crippen molar-refractivity contribution in [3.05, 3.63) is 41.8 Å². The van der Waals surface area contributed by atoms with E-state index in [9.17, 15) is 4.79 Å². The molecule has 1 aromatic carbocycles. The third-order valence-corrected chi connectivity index (χ3v) is 5.40. The summed E-state index contributed by atoms with van der Waals surface area (Å²) in [6.45, 7) is 3.81. The van der Waals surface area contributed by atoms with Crippen molar-refractivity contribution in [3.63, 3.8) is 0 Å². The maximum Gasteiger partial charge on any atom is 0.277 e. The maximum atomic E-state index is 12.1.